The summed E-state index contributed by atoms with van der Waals surface area (Å²) in [6, 6.07) is 1.39. The Labute approximate surface area is 79.1 Å². The second-order valence-electron chi connectivity index (χ2n) is 3.65. The average molecular weight is 185 g/mol. The Hall–Kier alpha value is -0.0831. The molecule has 0 bridgehead atoms. The smallest absolute Gasteiger partial charge is 0.0758 e. The van der Waals surface area contributed by atoms with Crippen LogP contribution in [0.25, 0.3) is 0 Å². The van der Waals surface area contributed by atoms with Crippen LogP contribution in [0.3, 0.4) is 0 Å². The van der Waals surface area contributed by atoms with Crippen LogP contribution in [-0.4, -0.2) is 34.0 Å². The van der Waals surface area contributed by atoms with Gasteiger partial charge in [-0.25, -0.2) is 0 Å². The Morgan fingerprint density at radius 3 is 2.33 bits per heavy atom. The van der Waals surface area contributed by atoms with Crippen molar-refractivity contribution in [3.63, 3.8) is 0 Å². The van der Waals surface area contributed by atoms with E-state index in [1.165, 1.54) is 25.1 Å². The summed E-state index contributed by atoms with van der Waals surface area (Å²) in [4.78, 5) is 2.32. The lowest BCUT2D eigenvalue weighted by Gasteiger charge is -2.14. The number of hydrogen-bond acceptors (Lipinski definition) is 1. The van der Waals surface area contributed by atoms with E-state index in [4.69, 9.17) is 0 Å². The summed E-state index contributed by atoms with van der Waals surface area (Å²) in [5.41, 5.74) is 2.50. The minimum absolute atomic E-state index is 0.557. The third kappa shape index (κ3) is 6.62. The van der Waals surface area contributed by atoms with Crippen molar-refractivity contribution in [3.8, 4) is 0 Å². The van der Waals surface area contributed by atoms with Crippen LogP contribution in [0.2, 0.25) is 6.04 Å². The van der Waals surface area contributed by atoms with Gasteiger partial charge >= 0.3 is 0 Å². The molecule has 0 rings (SSSR count). The van der Waals surface area contributed by atoms with Gasteiger partial charge in [0, 0.05) is 0 Å². The highest BCUT2D eigenvalue weighted by Crippen LogP contribution is 1.97. The monoisotopic (exact) mass is 185 g/mol. The molecular formula is C10H23NSi. The van der Waals surface area contributed by atoms with Crippen LogP contribution in [0.15, 0.2) is 11.8 Å². The van der Waals surface area contributed by atoms with E-state index in [-0.39, 0.29) is 0 Å². The fourth-order valence-corrected chi connectivity index (χ4v) is 3.42. The molecule has 0 aliphatic rings. The van der Waals surface area contributed by atoms with Gasteiger partial charge in [-0.3, -0.25) is 0 Å². The molecule has 1 unspecified atom stereocenters. The van der Waals surface area contributed by atoms with Crippen molar-refractivity contribution in [3.05, 3.63) is 11.8 Å². The first-order chi connectivity index (χ1) is 5.70. The lowest BCUT2D eigenvalue weighted by atomic mass is 10.3. The zero-order valence-electron chi connectivity index (χ0n) is 9.01. The van der Waals surface area contributed by atoms with Crippen LogP contribution in [0.4, 0.5) is 0 Å². The van der Waals surface area contributed by atoms with Gasteiger partial charge in [-0.15, -0.1) is 5.70 Å². The van der Waals surface area contributed by atoms with Gasteiger partial charge in [0.15, 0.2) is 0 Å². The molecule has 0 amide bonds. The lowest BCUT2D eigenvalue weighted by molar-refractivity contribution is 0.474. The van der Waals surface area contributed by atoms with Gasteiger partial charge in [0.05, 0.1) is 8.80 Å². The van der Waals surface area contributed by atoms with E-state index in [0.717, 1.165) is 0 Å². The molecule has 2 heteroatoms. The first-order valence-corrected chi connectivity index (χ1v) is 7.32. The molecule has 72 valence electrons. The van der Waals surface area contributed by atoms with Crippen LogP contribution in [-0.2, 0) is 0 Å². The topological polar surface area (TPSA) is 3.24 Å². The lowest BCUT2D eigenvalue weighted by Crippen LogP contribution is -2.27. The quantitative estimate of drug-likeness (QED) is 0.574. The standard InChI is InChI=1S/C10H23NSi/c1-5-7-8-9-12(6-2)10-11(3)4/h8-9,12H,5-7,10H2,1-4H3. The second-order valence-corrected chi connectivity index (χ2v) is 6.73. The molecule has 1 atom stereocenters. The summed E-state index contributed by atoms with van der Waals surface area (Å²) in [5.74, 6) is 0. The highest BCUT2D eigenvalue weighted by Gasteiger charge is 2.03. The van der Waals surface area contributed by atoms with Gasteiger partial charge < -0.3 is 4.90 Å². The van der Waals surface area contributed by atoms with E-state index in [1.807, 2.05) is 0 Å². The Balaban J connectivity index is 3.66. The van der Waals surface area contributed by atoms with E-state index in [0.29, 0.717) is 0 Å². The Bertz CT molecular complexity index is 121. The molecule has 0 aromatic carbocycles. The summed E-state index contributed by atoms with van der Waals surface area (Å²) in [6.45, 7) is 4.55. The Morgan fingerprint density at radius 1 is 1.25 bits per heavy atom. The molecule has 0 aliphatic carbocycles. The zero-order valence-corrected chi connectivity index (χ0v) is 10.2. The third-order valence-electron chi connectivity index (χ3n) is 1.99. The highest BCUT2D eigenvalue weighted by molar-refractivity contribution is 6.64. The molecule has 0 N–H and O–H groups in total. The van der Waals surface area contributed by atoms with Gasteiger partial charge in [-0.2, -0.15) is 0 Å². The third-order valence-corrected chi connectivity index (χ3v) is 5.05. The van der Waals surface area contributed by atoms with Crippen molar-refractivity contribution in [2.45, 2.75) is 32.7 Å². The average Bonchev–Trinajstić information content (AvgIpc) is 2.02. The van der Waals surface area contributed by atoms with E-state index in [1.54, 1.807) is 0 Å². The second kappa shape index (κ2) is 7.56. The van der Waals surface area contributed by atoms with Crippen LogP contribution in [0, 0.1) is 0 Å². The molecule has 0 fully saturated rings. The van der Waals surface area contributed by atoms with Crippen LogP contribution in [0.1, 0.15) is 26.7 Å². The summed E-state index contributed by atoms with van der Waals surface area (Å²) in [5, 5.41) is 0. The SMILES string of the molecule is CCCC=C[SiH](CC)CN(C)C. The molecule has 12 heavy (non-hydrogen) atoms. The van der Waals surface area contributed by atoms with E-state index < -0.39 is 8.80 Å². The molecule has 0 saturated heterocycles. The predicted octanol–water partition coefficient (Wildman–Crippen LogP) is 2.23. The molecule has 0 heterocycles. The largest absolute Gasteiger partial charge is 0.312 e. The summed E-state index contributed by atoms with van der Waals surface area (Å²) in [6.07, 6.45) is 6.24. The van der Waals surface area contributed by atoms with Crippen LogP contribution in [0.5, 0.6) is 0 Å². The number of nitrogens with zero attached hydrogens (tertiary/aromatic N) is 1. The van der Waals surface area contributed by atoms with E-state index in [2.05, 4.69) is 44.6 Å². The minimum Gasteiger partial charge on any atom is -0.312 e. The molecule has 0 spiro atoms. The molecule has 0 aliphatic heterocycles. The van der Waals surface area contributed by atoms with Crippen molar-refractivity contribution in [2.75, 3.05) is 20.3 Å². The molecule has 0 aromatic heterocycles. The van der Waals surface area contributed by atoms with Crippen LogP contribution >= 0.6 is 0 Å². The van der Waals surface area contributed by atoms with Gasteiger partial charge in [0.2, 0.25) is 0 Å². The maximum absolute atomic E-state index is 2.50. The summed E-state index contributed by atoms with van der Waals surface area (Å²) >= 11 is 0. The number of hydrogen-bond donors (Lipinski definition) is 0. The maximum Gasteiger partial charge on any atom is 0.0758 e. The number of allylic oxidation sites excluding steroid dienone is 1. The van der Waals surface area contributed by atoms with Crippen molar-refractivity contribution in [2.24, 2.45) is 0 Å². The first kappa shape index (κ1) is 11.9. The minimum atomic E-state index is -0.557. The first-order valence-electron chi connectivity index (χ1n) is 5.02. The Kier molecular flexibility index (Phi) is 7.51. The van der Waals surface area contributed by atoms with Crippen molar-refractivity contribution < 1.29 is 0 Å². The highest BCUT2D eigenvalue weighted by atomic mass is 28.3. The predicted molar refractivity (Wildman–Crippen MR) is 60.2 cm³/mol. The van der Waals surface area contributed by atoms with Gasteiger partial charge in [-0.1, -0.05) is 32.4 Å². The fraction of sp³-hybridized carbons (Fsp3) is 0.800. The molecule has 0 saturated carbocycles. The van der Waals surface area contributed by atoms with E-state index in [9.17, 15) is 0 Å². The van der Waals surface area contributed by atoms with Gasteiger partial charge in [0.1, 0.15) is 0 Å². The number of rotatable bonds is 6. The van der Waals surface area contributed by atoms with Crippen molar-refractivity contribution >= 4 is 8.80 Å². The Morgan fingerprint density at radius 2 is 1.92 bits per heavy atom. The van der Waals surface area contributed by atoms with Crippen molar-refractivity contribution in [1.82, 2.24) is 4.90 Å². The summed E-state index contributed by atoms with van der Waals surface area (Å²) in [7, 11) is 3.78. The molecule has 0 radical (unpaired) electrons. The molecule has 1 nitrogen and oxygen atoms in total. The van der Waals surface area contributed by atoms with Gasteiger partial charge in [-0.05, 0) is 26.7 Å². The summed E-state index contributed by atoms with van der Waals surface area (Å²) < 4.78 is 0. The molecule has 0 aromatic rings. The fourth-order valence-electron chi connectivity index (χ4n) is 1.25. The zero-order chi connectivity index (χ0) is 9.40. The van der Waals surface area contributed by atoms with Crippen molar-refractivity contribution in [1.29, 1.82) is 0 Å². The van der Waals surface area contributed by atoms with E-state index >= 15 is 0 Å². The number of unbranched alkanes of at least 4 members (excludes halogenated alkanes) is 1. The molecular weight excluding hydrogens is 162 g/mol. The van der Waals surface area contributed by atoms with Crippen LogP contribution < -0.4 is 0 Å². The maximum atomic E-state index is 2.50. The normalized spacial score (nSPS) is 14.4. The van der Waals surface area contributed by atoms with Gasteiger partial charge in [0.25, 0.3) is 0 Å².